The van der Waals surface area contributed by atoms with Gasteiger partial charge in [-0.2, -0.15) is 4.98 Å². The standard InChI is InChI=1S/C22H24ClN3O4S/c1-13(2)10-31(28)19-6-5-18(29-19)20(27)24-15-8-22(9-15)11-26(12-22)21-25-16-7-14(23)3-4-17(16)30-21/h3-7,13,15H,8-12H2,1-2H3,(H,24,27). The number of nitrogens with zero attached hydrogens (tertiary/aromatic N) is 2. The number of rotatable bonds is 6. The highest BCUT2D eigenvalue weighted by atomic mass is 35.5. The summed E-state index contributed by atoms with van der Waals surface area (Å²) in [6.45, 7) is 5.72. The second-order valence-corrected chi connectivity index (χ2v) is 10.9. The number of aromatic nitrogens is 1. The lowest BCUT2D eigenvalue weighted by molar-refractivity contribution is 0.0403. The van der Waals surface area contributed by atoms with E-state index in [2.05, 4.69) is 15.2 Å². The molecule has 1 aliphatic heterocycles. The molecule has 1 N–H and O–H groups in total. The minimum absolute atomic E-state index is 0.117. The SMILES string of the molecule is CC(C)C[S+]([O-])c1ccc(C(=O)NC2CC3(C2)CN(c2nc4cc(Cl)ccc4o2)C3)o1. The first kappa shape index (κ1) is 20.7. The van der Waals surface area contributed by atoms with Crippen molar-refractivity contribution in [1.29, 1.82) is 0 Å². The number of anilines is 1. The Hall–Kier alpha value is -2.16. The van der Waals surface area contributed by atoms with Crippen LogP contribution in [0, 0.1) is 11.3 Å². The molecule has 1 aromatic carbocycles. The smallest absolute Gasteiger partial charge is 0.311 e. The van der Waals surface area contributed by atoms with Gasteiger partial charge in [-0.15, -0.1) is 0 Å². The highest BCUT2D eigenvalue weighted by Crippen LogP contribution is 2.49. The number of carbonyl (C=O) groups excluding carboxylic acids is 1. The van der Waals surface area contributed by atoms with E-state index < -0.39 is 11.2 Å². The average molecular weight is 462 g/mol. The van der Waals surface area contributed by atoms with E-state index in [0.717, 1.165) is 37.0 Å². The molecular formula is C22H24ClN3O4S. The summed E-state index contributed by atoms with van der Waals surface area (Å²) in [5, 5.41) is 4.03. The molecule has 1 amide bonds. The third kappa shape index (κ3) is 4.04. The van der Waals surface area contributed by atoms with E-state index in [-0.39, 0.29) is 23.1 Å². The predicted octanol–water partition coefficient (Wildman–Crippen LogP) is 4.24. The van der Waals surface area contributed by atoms with Gasteiger partial charge in [-0.05, 0) is 43.0 Å². The van der Waals surface area contributed by atoms with Crippen molar-refractivity contribution < 1.29 is 18.2 Å². The van der Waals surface area contributed by atoms with Crippen molar-refractivity contribution in [2.45, 2.75) is 37.8 Å². The summed E-state index contributed by atoms with van der Waals surface area (Å²) in [6, 6.07) is 9.39. The first-order valence-electron chi connectivity index (χ1n) is 10.4. The van der Waals surface area contributed by atoms with Gasteiger partial charge in [0.15, 0.2) is 11.3 Å². The van der Waals surface area contributed by atoms with E-state index in [4.69, 9.17) is 20.4 Å². The maximum absolute atomic E-state index is 12.5. The summed E-state index contributed by atoms with van der Waals surface area (Å²) in [5.74, 6) is 0.778. The van der Waals surface area contributed by atoms with Gasteiger partial charge in [0.25, 0.3) is 11.9 Å². The number of amides is 1. The molecule has 164 valence electrons. The number of halogens is 1. The number of nitrogens with one attached hydrogen (secondary N) is 1. The van der Waals surface area contributed by atoms with Crippen molar-refractivity contribution in [2.75, 3.05) is 23.7 Å². The van der Waals surface area contributed by atoms with Crippen LogP contribution in [0.15, 0.2) is 44.3 Å². The molecule has 0 bridgehead atoms. The van der Waals surface area contributed by atoms with E-state index in [0.29, 0.717) is 27.8 Å². The highest BCUT2D eigenvalue weighted by molar-refractivity contribution is 7.91. The third-order valence-corrected chi connectivity index (χ3v) is 7.74. The minimum atomic E-state index is -1.22. The molecule has 3 heterocycles. The third-order valence-electron chi connectivity index (χ3n) is 5.87. The Balaban J connectivity index is 1.12. The van der Waals surface area contributed by atoms with E-state index in [1.54, 1.807) is 24.3 Å². The molecule has 0 radical (unpaired) electrons. The van der Waals surface area contributed by atoms with Gasteiger partial charge in [-0.3, -0.25) is 4.79 Å². The van der Waals surface area contributed by atoms with Crippen LogP contribution < -0.4 is 10.2 Å². The first-order valence-corrected chi connectivity index (χ1v) is 12.1. The maximum Gasteiger partial charge on any atom is 0.311 e. The van der Waals surface area contributed by atoms with Crippen LogP contribution in [0.1, 0.15) is 37.2 Å². The van der Waals surface area contributed by atoms with E-state index in [9.17, 15) is 9.35 Å². The van der Waals surface area contributed by atoms with Gasteiger partial charge in [0, 0.05) is 46.8 Å². The zero-order valence-corrected chi connectivity index (χ0v) is 19.0. The molecule has 1 atom stereocenters. The number of hydrogen-bond donors (Lipinski definition) is 1. The number of fused-ring (bicyclic) bond motifs is 1. The predicted molar refractivity (Wildman–Crippen MR) is 119 cm³/mol. The molecule has 1 saturated carbocycles. The fraction of sp³-hybridized carbons (Fsp3) is 0.455. The van der Waals surface area contributed by atoms with Crippen LogP contribution in [0.5, 0.6) is 0 Å². The lowest BCUT2D eigenvalue weighted by Gasteiger charge is -2.58. The summed E-state index contributed by atoms with van der Waals surface area (Å²) in [7, 11) is 0. The molecule has 2 aliphatic rings. The molecule has 5 rings (SSSR count). The monoisotopic (exact) mass is 461 g/mol. The molecule has 7 nitrogen and oxygen atoms in total. The van der Waals surface area contributed by atoms with E-state index in [1.807, 2.05) is 19.9 Å². The first-order chi connectivity index (χ1) is 14.8. The van der Waals surface area contributed by atoms with Crippen LogP contribution in [0.25, 0.3) is 11.1 Å². The van der Waals surface area contributed by atoms with Crippen molar-refractivity contribution in [3.05, 3.63) is 41.1 Å². The number of hydrogen-bond acceptors (Lipinski definition) is 6. The zero-order valence-electron chi connectivity index (χ0n) is 17.4. The Morgan fingerprint density at radius 1 is 1.32 bits per heavy atom. The van der Waals surface area contributed by atoms with E-state index in [1.165, 1.54) is 0 Å². The molecule has 31 heavy (non-hydrogen) atoms. The van der Waals surface area contributed by atoms with Crippen LogP contribution in [0.4, 0.5) is 6.01 Å². The van der Waals surface area contributed by atoms with Crippen LogP contribution in [-0.4, -0.2) is 40.3 Å². The molecule has 1 aliphatic carbocycles. The van der Waals surface area contributed by atoms with Crippen molar-refractivity contribution >= 4 is 45.8 Å². The number of furan rings is 1. The fourth-order valence-electron chi connectivity index (χ4n) is 4.47. The maximum atomic E-state index is 12.5. The lowest BCUT2D eigenvalue weighted by Crippen LogP contribution is -2.66. The van der Waals surface area contributed by atoms with Crippen LogP contribution in [0.2, 0.25) is 5.02 Å². The van der Waals surface area contributed by atoms with Gasteiger partial charge in [-0.25, -0.2) is 0 Å². The van der Waals surface area contributed by atoms with Crippen LogP contribution in [0.3, 0.4) is 0 Å². The molecule has 1 spiro atoms. The van der Waals surface area contributed by atoms with Crippen LogP contribution >= 0.6 is 11.6 Å². The number of oxazole rings is 1. The van der Waals surface area contributed by atoms with Gasteiger partial charge in [0.05, 0.1) is 0 Å². The highest BCUT2D eigenvalue weighted by Gasteiger charge is 2.54. The number of benzene rings is 1. The number of carbonyl (C=O) groups is 1. The summed E-state index contributed by atoms with van der Waals surface area (Å²) in [5.41, 5.74) is 1.68. The van der Waals surface area contributed by atoms with Crippen molar-refractivity contribution in [3.63, 3.8) is 0 Å². The molecular weight excluding hydrogens is 438 g/mol. The Bertz CT molecular complexity index is 1110. The second kappa shape index (κ2) is 7.76. The minimum Gasteiger partial charge on any atom is -0.609 e. The lowest BCUT2D eigenvalue weighted by atomic mass is 9.61. The summed E-state index contributed by atoms with van der Waals surface area (Å²) >= 11 is 4.80. The molecule has 2 fully saturated rings. The van der Waals surface area contributed by atoms with Crippen molar-refractivity contribution in [3.8, 4) is 0 Å². The molecule has 9 heteroatoms. The summed E-state index contributed by atoms with van der Waals surface area (Å²) < 4.78 is 23.6. The summed E-state index contributed by atoms with van der Waals surface area (Å²) in [4.78, 5) is 19.1. The van der Waals surface area contributed by atoms with E-state index >= 15 is 0 Å². The second-order valence-electron chi connectivity index (χ2n) is 9.07. The van der Waals surface area contributed by atoms with Gasteiger partial charge in [-0.1, -0.05) is 25.4 Å². The largest absolute Gasteiger partial charge is 0.609 e. The molecule has 1 saturated heterocycles. The summed E-state index contributed by atoms with van der Waals surface area (Å²) in [6.07, 6.45) is 1.82. The van der Waals surface area contributed by atoms with Gasteiger partial charge in [0.2, 0.25) is 0 Å². The zero-order chi connectivity index (χ0) is 21.8. The Morgan fingerprint density at radius 3 is 2.84 bits per heavy atom. The Labute approximate surface area is 188 Å². The Kier molecular flexibility index (Phi) is 5.19. The quantitative estimate of drug-likeness (QED) is 0.552. The van der Waals surface area contributed by atoms with Crippen LogP contribution in [-0.2, 0) is 11.2 Å². The van der Waals surface area contributed by atoms with Crippen molar-refractivity contribution in [2.24, 2.45) is 11.3 Å². The molecule has 3 aromatic rings. The molecule has 2 aromatic heterocycles. The molecule has 1 unspecified atom stereocenters. The normalized spacial score (nSPS) is 18.9. The average Bonchev–Trinajstić information content (AvgIpc) is 3.28. The van der Waals surface area contributed by atoms with Gasteiger partial charge >= 0.3 is 5.09 Å². The Morgan fingerprint density at radius 2 is 2.10 bits per heavy atom. The van der Waals surface area contributed by atoms with Crippen molar-refractivity contribution in [1.82, 2.24) is 10.3 Å². The van der Waals surface area contributed by atoms with Gasteiger partial charge < -0.3 is 23.6 Å². The fourth-order valence-corrected chi connectivity index (χ4v) is 5.81. The topological polar surface area (TPSA) is 94.6 Å². The van der Waals surface area contributed by atoms with Gasteiger partial charge in [0.1, 0.15) is 11.3 Å².